The molecule has 0 aliphatic carbocycles. The zero-order chi connectivity index (χ0) is 18.0. The minimum atomic E-state index is -0.287. The first-order chi connectivity index (χ1) is 11.9. The van der Waals surface area contributed by atoms with Gasteiger partial charge in [0.1, 0.15) is 13.2 Å². The van der Waals surface area contributed by atoms with E-state index in [-0.39, 0.29) is 11.3 Å². The Kier molecular flexibility index (Phi) is 5.11. The summed E-state index contributed by atoms with van der Waals surface area (Å²) in [4.78, 5) is 12.4. The molecule has 0 unspecified atom stereocenters. The molecule has 0 saturated carbocycles. The summed E-state index contributed by atoms with van der Waals surface area (Å²) >= 11 is 12.0. The molecule has 2 aromatic rings. The number of amides is 1. The number of rotatable bonds is 4. The maximum Gasteiger partial charge on any atom is 0.252 e. The van der Waals surface area contributed by atoms with Gasteiger partial charge in [0, 0.05) is 17.0 Å². The number of hydrogen-bond donors (Lipinski definition) is 1. The Morgan fingerprint density at radius 1 is 1.08 bits per heavy atom. The highest BCUT2D eigenvalue weighted by Crippen LogP contribution is 2.35. The third-order valence-corrected chi connectivity index (χ3v) is 4.74. The van der Waals surface area contributed by atoms with Gasteiger partial charge < -0.3 is 14.8 Å². The quantitative estimate of drug-likeness (QED) is 0.851. The molecule has 0 bridgehead atoms. The van der Waals surface area contributed by atoms with Crippen molar-refractivity contribution in [1.29, 1.82) is 0 Å². The van der Waals surface area contributed by atoms with E-state index in [0.29, 0.717) is 35.4 Å². The van der Waals surface area contributed by atoms with Crippen LogP contribution in [0, 0.1) is 0 Å². The number of carbonyl (C=O) groups excluding carboxylic acids is 1. The van der Waals surface area contributed by atoms with Crippen LogP contribution >= 0.6 is 23.2 Å². The van der Waals surface area contributed by atoms with E-state index in [1.54, 1.807) is 18.2 Å². The van der Waals surface area contributed by atoms with Gasteiger partial charge in [-0.15, -0.1) is 0 Å². The van der Waals surface area contributed by atoms with Crippen LogP contribution in [0.1, 0.15) is 29.8 Å². The number of hydrogen-bond acceptors (Lipinski definition) is 3. The van der Waals surface area contributed by atoms with Crippen LogP contribution < -0.4 is 14.8 Å². The Morgan fingerprint density at radius 2 is 1.80 bits per heavy atom. The molecule has 0 fully saturated rings. The lowest BCUT2D eigenvalue weighted by molar-refractivity contribution is 0.0946. The lowest BCUT2D eigenvalue weighted by Crippen LogP contribution is -2.36. The van der Waals surface area contributed by atoms with Crippen LogP contribution in [0.3, 0.4) is 0 Å². The normalized spacial score (nSPS) is 13.4. The number of benzene rings is 2. The molecule has 0 radical (unpaired) electrons. The van der Waals surface area contributed by atoms with Crippen LogP contribution in [0.4, 0.5) is 0 Å². The molecule has 3 rings (SSSR count). The van der Waals surface area contributed by atoms with Crippen molar-refractivity contribution in [2.45, 2.75) is 19.3 Å². The van der Waals surface area contributed by atoms with Crippen molar-refractivity contribution in [3.63, 3.8) is 0 Å². The van der Waals surface area contributed by atoms with Gasteiger partial charge in [0.25, 0.3) is 5.91 Å². The molecular weight excluding hydrogens is 361 g/mol. The summed E-state index contributed by atoms with van der Waals surface area (Å²) in [5.74, 6) is 1.26. The Labute approximate surface area is 157 Å². The Morgan fingerprint density at radius 3 is 2.52 bits per heavy atom. The molecular formula is C19H19Cl2NO3. The topological polar surface area (TPSA) is 47.6 Å². The lowest BCUT2D eigenvalue weighted by atomic mass is 9.84. The van der Waals surface area contributed by atoms with Crippen molar-refractivity contribution in [3.05, 3.63) is 57.6 Å². The lowest BCUT2D eigenvalue weighted by Gasteiger charge is -2.28. The first kappa shape index (κ1) is 17.9. The Hall–Kier alpha value is -1.91. The van der Waals surface area contributed by atoms with Crippen molar-refractivity contribution in [2.24, 2.45) is 0 Å². The van der Waals surface area contributed by atoms with E-state index in [9.17, 15) is 4.79 Å². The van der Waals surface area contributed by atoms with Crippen LogP contribution in [0.15, 0.2) is 36.4 Å². The van der Waals surface area contributed by atoms with E-state index < -0.39 is 0 Å². The summed E-state index contributed by atoms with van der Waals surface area (Å²) in [6, 6.07) is 10.7. The van der Waals surface area contributed by atoms with E-state index in [0.717, 1.165) is 17.1 Å². The summed E-state index contributed by atoms with van der Waals surface area (Å²) in [6.45, 7) is 5.67. The zero-order valence-electron chi connectivity index (χ0n) is 14.1. The summed E-state index contributed by atoms with van der Waals surface area (Å²) in [7, 11) is 0. The maximum absolute atomic E-state index is 12.4. The molecule has 2 aromatic carbocycles. The predicted octanol–water partition coefficient (Wildman–Crippen LogP) is 4.47. The minimum absolute atomic E-state index is 0.229. The smallest absolute Gasteiger partial charge is 0.252 e. The average Bonchev–Trinajstić information content (AvgIpc) is 2.59. The predicted molar refractivity (Wildman–Crippen MR) is 99.3 cm³/mol. The van der Waals surface area contributed by atoms with Crippen LogP contribution in [0.5, 0.6) is 11.5 Å². The fraction of sp³-hybridized carbons (Fsp3) is 0.316. The number of carbonyl (C=O) groups is 1. The van der Waals surface area contributed by atoms with Gasteiger partial charge in [-0.1, -0.05) is 43.1 Å². The van der Waals surface area contributed by atoms with Crippen LogP contribution in [0.2, 0.25) is 10.0 Å². The molecule has 1 heterocycles. The zero-order valence-corrected chi connectivity index (χ0v) is 15.6. The van der Waals surface area contributed by atoms with Gasteiger partial charge in [0.05, 0.1) is 10.6 Å². The summed E-state index contributed by atoms with van der Waals surface area (Å²) < 4.78 is 11.2. The fourth-order valence-electron chi connectivity index (χ4n) is 2.64. The van der Waals surface area contributed by atoms with Gasteiger partial charge in [0.2, 0.25) is 0 Å². The van der Waals surface area contributed by atoms with Gasteiger partial charge in [0.15, 0.2) is 11.5 Å². The van der Waals surface area contributed by atoms with Crippen LogP contribution in [-0.2, 0) is 5.41 Å². The van der Waals surface area contributed by atoms with Gasteiger partial charge in [-0.3, -0.25) is 4.79 Å². The number of nitrogens with one attached hydrogen (secondary N) is 1. The van der Waals surface area contributed by atoms with Gasteiger partial charge >= 0.3 is 0 Å². The summed E-state index contributed by atoms with van der Waals surface area (Å²) in [5.41, 5.74) is 1.17. The maximum atomic E-state index is 12.4. The Balaban J connectivity index is 1.72. The van der Waals surface area contributed by atoms with Gasteiger partial charge in [-0.2, -0.15) is 0 Å². The standard InChI is InChI=1S/C19H19Cl2NO3/c1-19(2,12-3-6-16-17(9-12)25-8-7-24-16)11-22-18(23)14-5-4-13(20)10-15(14)21/h3-6,9-10H,7-8,11H2,1-2H3,(H,22,23). The molecule has 1 aliphatic heterocycles. The molecule has 1 amide bonds. The van der Waals surface area contributed by atoms with E-state index in [4.69, 9.17) is 32.7 Å². The summed E-state index contributed by atoms with van der Waals surface area (Å²) in [5, 5.41) is 3.77. The molecule has 1 aliphatic rings. The molecule has 132 valence electrons. The highest BCUT2D eigenvalue weighted by Gasteiger charge is 2.24. The first-order valence-corrected chi connectivity index (χ1v) is 8.76. The largest absolute Gasteiger partial charge is 0.486 e. The number of ether oxygens (including phenoxy) is 2. The molecule has 0 aromatic heterocycles. The van der Waals surface area contributed by atoms with Crippen molar-refractivity contribution < 1.29 is 14.3 Å². The SMILES string of the molecule is CC(C)(CNC(=O)c1ccc(Cl)cc1Cl)c1ccc2c(c1)OCCO2. The number of fused-ring (bicyclic) bond motifs is 1. The molecule has 0 atom stereocenters. The highest BCUT2D eigenvalue weighted by molar-refractivity contribution is 6.36. The van der Waals surface area contributed by atoms with Crippen molar-refractivity contribution >= 4 is 29.1 Å². The monoisotopic (exact) mass is 379 g/mol. The molecule has 0 spiro atoms. The molecule has 0 saturated heterocycles. The second-order valence-corrected chi connectivity index (χ2v) is 7.39. The minimum Gasteiger partial charge on any atom is -0.486 e. The van der Waals surface area contributed by atoms with Crippen molar-refractivity contribution in [1.82, 2.24) is 5.32 Å². The molecule has 6 heteroatoms. The molecule has 1 N–H and O–H groups in total. The van der Waals surface area contributed by atoms with Gasteiger partial charge in [-0.05, 0) is 35.9 Å². The third-order valence-electron chi connectivity index (χ3n) is 4.19. The fourth-order valence-corrected chi connectivity index (χ4v) is 3.13. The van der Waals surface area contributed by atoms with E-state index >= 15 is 0 Å². The third kappa shape index (κ3) is 4.02. The van der Waals surface area contributed by atoms with Crippen molar-refractivity contribution in [3.8, 4) is 11.5 Å². The van der Waals surface area contributed by atoms with E-state index in [2.05, 4.69) is 19.2 Å². The summed E-state index contributed by atoms with van der Waals surface area (Å²) in [6.07, 6.45) is 0. The van der Waals surface area contributed by atoms with Crippen LogP contribution in [0.25, 0.3) is 0 Å². The molecule has 25 heavy (non-hydrogen) atoms. The van der Waals surface area contributed by atoms with Crippen molar-refractivity contribution in [2.75, 3.05) is 19.8 Å². The second-order valence-electron chi connectivity index (χ2n) is 6.55. The van der Waals surface area contributed by atoms with E-state index in [1.807, 2.05) is 18.2 Å². The second kappa shape index (κ2) is 7.14. The highest BCUT2D eigenvalue weighted by atomic mass is 35.5. The van der Waals surface area contributed by atoms with Gasteiger partial charge in [-0.25, -0.2) is 0 Å². The van der Waals surface area contributed by atoms with E-state index in [1.165, 1.54) is 0 Å². The van der Waals surface area contributed by atoms with Crippen LogP contribution in [-0.4, -0.2) is 25.7 Å². The Bertz CT molecular complexity index is 805. The first-order valence-electron chi connectivity index (χ1n) is 8.00. The molecule has 4 nitrogen and oxygen atoms in total. The number of halogens is 2. The average molecular weight is 380 g/mol.